The SMILES string of the molecule is Cc1noc(C)c1-c1cc(S(=O)(=O)N[C@@H]2CCC[C@H]2C(=O)NC2CCCC2)c2cccnc2c1. The monoisotopic (exact) mass is 482 g/mol. The third-order valence-electron chi connectivity index (χ3n) is 7.16. The van der Waals surface area contributed by atoms with Crippen LogP contribution in [-0.2, 0) is 14.8 Å². The molecule has 34 heavy (non-hydrogen) atoms. The summed E-state index contributed by atoms with van der Waals surface area (Å²) >= 11 is 0. The van der Waals surface area contributed by atoms with Gasteiger partial charge in [0.05, 0.1) is 22.0 Å². The lowest BCUT2D eigenvalue weighted by Gasteiger charge is -2.23. The summed E-state index contributed by atoms with van der Waals surface area (Å²) in [6, 6.07) is 6.78. The third-order valence-corrected chi connectivity index (χ3v) is 8.69. The average Bonchev–Trinajstić information content (AvgIpc) is 3.55. The van der Waals surface area contributed by atoms with Crippen LogP contribution in [-0.4, -0.2) is 36.5 Å². The molecule has 0 unspecified atom stereocenters. The molecule has 0 radical (unpaired) electrons. The zero-order chi connectivity index (χ0) is 23.9. The van der Waals surface area contributed by atoms with Crippen molar-refractivity contribution < 1.29 is 17.7 Å². The van der Waals surface area contributed by atoms with Crippen LogP contribution in [0.3, 0.4) is 0 Å². The zero-order valence-electron chi connectivity index (χ0n) is 19.5. The van der Waals surface area contributed by atoms with Crippen LogP contribution in [0.25, 0.3) is 22.0 Å². The molecule has 1 amide bonds. The Hall–Kier alpha value is -2.78. The average molecular weight is 483 g/mol. The van der Waals surface area contributed by atoms with Gasteiger partial charge in [0.15, 0.2) is 0 Å². The Morgan fingerprint density at radius 3 is 2.62 bits per heavy atom. The van der Waals surface area contributed by atoms with Crippen LogP contribution in [0.15, 0.2) is 39.9 Å². The van der Waals surface area contributed by atoms with E-state index in [9.17, 15) is 13.2 Å². The summed E-state index contributed by atoms with van der Waals surface area (Å²) in [6.45, 7) is 3.63. The minimum Gasteiger partial charge on any atom is -0.361 e. The number of hydrogen-bond acceptors (Lipinski definition) is 6. The highest BCUT2D eigenvalue weighted by atomic mass is 32.2. The maximum atomic E-state index is 13.7. The molecule has 8 nitrogen and oxygen atoms in total. The van der Waals surface area contributed by atoms with Crippen molar-refractivity contribution in [3.8, 4) is 11.1 Å². The van der Waals surface area contributed by atoms with Crippen LogP contribution in [0.4, 0.5) is 0 Å². The summed E-state index contributed by atoms with van der Waals surface area (Å²) in [6.07, 6.45) is 8.06. The van der Waals surface area contributed by atoms with Crippen molar-refractivity contribution in [1.82, 2.24) is 20.2 Å². The Balaban J connectivity index is 1.48. The Morgan fingerprint density at radius 2 is 1.88 bits per heavy atom. The molecule has 2 aliphatic carbocycles. The molecule has 2 atom stereocenters. The highest BCUT2D eigenvalue weighted by molar-refractivity contribution is 7.89. The number of pyridine rings is 1. The van der Waals surface area contributed by atoms with Crippen molar-refractivity contribution in [3.63, 3.8) is 0 Å². The standard InChI is InChI=1S/C25H30N4O4S/c1-15-24(16(2)33-28-15)17-13-22-19(10-6-12-26-22)23(14-17)34(31,32)29-21-11-5-9-20(21)25(30)27-18-7-3-4-8-18/h6,10,12-14,18,20-21,29H,3-5,7-9,11H2,1-2H3,(H,27,30)/t20-,21-/m1/s1. The lowest BCUT2D eigenvalue weighted by molar-refractivity contribution is -0.125. The molecule has 180 valence electrons. The molecule has 0 saturated heterocycles. The molecule has 1 aromatic carbocycles. The van der Waals surface area contributed by atoms with E-state index in [4.69, 9.17) is 4.52 Å². The zero-order valence-corrected chi connectivity index (χ0v) is 20.3. The van der Waals surface area contributed by atoms with Gasteiger partial charge in [0.1, 0.15) is 5.76 Å². The van der Waals surface area contributed by atoms with Gasteiger partial charge in [0, 0.05) is 29.2 Å². The number of carbonyl (C=O) groups excluding carboxylic acids is 1. The summed E-state index contributed by atoms with van der Waals surface area (Å²) in [5.41, 5.74) is 2.70. The Morgan fingerprint density at radius 1 is 1.09 bits per heavy atom. The summed E-state index contributed by atoms with van der Waals surface area (Å²) in [7, 11) is -3.92. The van der Waals surface area contributed by atoms with Gasteiger partial charge in [0.25, 0.3) is 0 Å². The van der Waals surface area contributed by atoms with E-state index in [1.165, 1.54) is 0 Å². The van der Waals surface area contributed by atoms with Crippen LogP contribution in [0.2, 0.25) is 0 Å². The van der Waals surface area contributed by atoms with E-state index >= 15 is 0 Å². The highest BCUT2D eigenvalue weighted by Crippen LogP contribution is 2.34. The quantitative estimate of drug-likeness (QED) is 0.549. The van der Waals surface area contributed by atoms with Gasteiger partial charge in [-0.1, -0.05) is 24.4 Å². The fourth-order valence-corrected chi connectivity index (χ4v) is 7.02. The summed E-state index contributed by atoms with van der Waals surface area (Å²) < 4.78 is 35.6. The van der Waals surface area contributed by atoms with Gasteiger partial charge in [-0.15, -0.1) is 0 Å². The topological polar surface area (TPSA) is 114 Å². The molecule has 2 aliphatic rings. The molecule has 2 fully saturated rings. The predicted molar refractivity (Wildman–Crippen MR) is 129 cm³/mol. The molecular formula is C25H30N4O4S. The fraction of sp³-hybridized carbons (Fsp3) is 0.480. The first-order valence-corrected chi connectivity index (χ1v) is 13.5. The molecule has 3 aromatic rings. The van der Waals surface area contributed by atoms with Crippen LogP contribution in [0.1, 0.15) is 56.4 Å². The number of hydrogen-bond donors (Lipinski definition) is 2. The third kappa shape index (κ3) is 4.34. The molecule has 0 spiro atoms. The Bertz CT molecular complexity index is 1310. The smallest absolute Gasteiger partial charge is 0.241 e. The summed E-state index contributed by atoms with van der Waals surface area (Å²) in [5, 5.41) is 7.70. The predicted octanol–water partition coefficient (Wildman–Crippen LogP) is 4.01. The van der Waals surface area contributed by atoms with Crippen molar-refractivity contribution in [2.45, 2.75) is 75.8 Å². The molecule has 2 aromatic heterocycles. The van der Waals surface area contributed by atoms with Crippen LogP contribution in [0.5, 0.6) is 0 Å². The number of aryl methyl sites for hydroxylation is 2. The Labute approximate surface area is 199 Å². The number of aromatic nitrogens is 2. The maximum absolute atomic E-state index is 13.7. The number of carbonyl (C=O) groups is 1. The second kappa shape index (κ2) is 9.11. The normalized spacial score (nSPS) is 21.4. The molecule has 2 N–H and O–H groups in total. The van der Waals surface area contributed by atoms with Gasteiger partial charge < -0.3 is 9.84 Å². The number of sulfonamides is 1. The molecule has 2 saturated carbocycles. The van der Waals surface area contributed by atoms with Crippen molar-refractivity contribution in [2.75, 3.05) is 0 Å². The number of nitrogens with one attached hydrogen (secondary N) is 2. The Kier molecular flexibility index (Phi) is 6.16. The van der Waals surface area contributed by atoms with Crippen molar-refractivity contribution in [2.24, 2.45) is 5.92 Å². The van der Waals surface area contributed by atoms with Gasteiger partial charge in [-0.3, -0.25) is 9.78 Å². The van der Waals surface area contributed by atoms with Crippen molar-refractivity contribution in [1.29, 1.82) is 0 Å². The van der Waals surface area contributed by atoms with Crippen LogP contribution >= 0.6 is 0 Å². The minimum atomic E-state index is -3.92. The van der Waals surface area contributed by atoms with Gasteiger partial charge >= 0.3 is 0 Å². The van der Waals surface area contributed by atoms with Gasteiger partial charge in [0.2, 0.25) is 15.9 Å². The van der Waals surface area contributed by atoms with E-state index in [-0.39, 0.29) is 22.8 Å². The highest BCUT2D eigenvalue weighted by Gasteiger charge is 2.37. The summed E-state index contributed by atoms with van der Waals surface area (Å²) in [5.74, 6) is 0.224. The van der Waals surface area contributed by atoms with E-state index in [2.05, 4.69) is 20.2 Å². The molecule has 0 bridgehead atoms. The van der Waals surface area contributed by atoms with Crippen molar-refractivity contribution >= 4 is 26.8 Å². The molecule has 2 heterocycles. The number of fused-ring (bicyclic) bond motifs is 1. The molecular weight excluding hydrogens is 452 g/mol. The lowest BCUT2D eigenvalue weighted by Crippen LogP contribution is -2.46. The van der Waals surface area contributed by atoms with E-state index < -0.39 is 16.1 Å². The van der Waals surface area contributed by atoms with Gasteiger partial charge in [-0.2, -0.15) is 0 Å². The lowest BCUT2D eigenvalue weighted by atomic mass is 10.0. The van der Waals surface area contributed by atoms with Crippen LogP contribution < -0.4 is 10.0 Å². The first-order valence-electron chi connectivity index (χ1n) is 12.0. The molecule has 9 heteroatoms. The van der Waals surface area contributed by atoms with Crippen LogP contribution in [0, 0.1) is 19.8 Å². The van der Waals surface area contributed by atoms with Gasteiger partial charge in [-0.05, 0) is 69.4 Å². The first kappa shape index (κ1) is 23.0. The molecule has 5 rings (SSSR count). The number of nitrogens with zero attached hydrogens (tertiary/aromatic N) is 2. The van der Waals surface area contributed by atoms with E-state index in [1.54, 1.807) is 31.3 Å². The van der Waals surface area contributed by atoms with E-state index in [1.807, 2.05) is 13.0 Å². The van der Waals surface area contributed by atoms with Gasteiger partial charge in [-0.25, -0.2) is 13.1 Å². The maximum Gasteiger partial charge on any atom is 0.241 e. The van der Waals surface area contributed by atoms with Crippen molar-refractivity contribution in [3.05, 3.63) is 41.9 Å². The number of benzene rings is 1. The fourth-order valence-electron chi connectivity index (χ4n) is 5.47. The summed E-state index contributed by atoms with van der Waals surface area (Å²) in [4.78, 5) is 17.5. The second-order valence-electron chi connectivity index (χ2n) is 9.50. The number of rotatable bonds is 6. The van der Waals surface area contributed by atoms with E-state index in [0.29, 0.717) is 40.8 Å². The van der Waals surface area contributed by atoms with E-state index in [0.717, 1.165) is 37.7 Å². The second-order valence-corrected chi connectivity index (χ2v) is 11.2. The largest absolute Gasteiger partial charge is 0.361 e. The molecule has 0 aliphatic heterocycles. The first-order chi connectivity index (χ1) is 16.3. The number of amides is 1. The minimum absolute atomic E-state index is 0.0342.